The third-order valence-electron chi connectivity index (χ3n) is 5.91. The van der Waals surface area contributed by atoms with Crippen LogP contribution in [0.5, 0.6) is 0 Å². The molecule has 0 bridgehead atoms. The molecule has 3 aromatic carbocycles. The van der Waals surface area contributed by atoms with Gasteiger partial charge in [-0.05, 0) is 48.6 Å². The number of rotatable bonds is 5. The standard InChI is InChI=1S/C28H23N3O2/c1-18-13-14-22(19(2)16-18)25-26(30-24-12-7-9-20-8-3-4-11-23(20)24)28(33)31(27(25)32)17-21-10-5-6-15-29-21/h3-16,30H,17H2,1-2H3. The van der Waals surface area contributed by atoms with Gasteiger partial charge in [0.1, 0.15) is 5.70 Å². The molecule has 1 aliphatic rings. The van der Waals surface area contributed by atoms with Gasteiger partial charge in [-0.3, -0.25) is 19.5 Å². The number of anilines is 1. The van der Waals surface area contributed by atoms with Crippen molar-refractivity contribution in [2.75, 3.05) is 5.32 Å². The number of carbonyl (C=O) groups is 2. The topological polar surface area (TPSA) is 62.3 Å². The number of carbonyl (C=O) groups excluding carboxylic acids is 2. The summed E-state index contributed by atoms with van der Waals surface area (Å²) in [6.07, 6.45) is 1.66. The number of hydrogen-bond donors (Lipinski definition) is 1. The molecule has 0 saturated heterocycles. The summed E-state index contributed by atoms with van der Waals surface area (Å²) in [6, 6.07) is 25.2. The molecule has 0 atom stereocenters. The van der Waals surface area contributed by atoms with E-state index in [1.54, 1.807) is 6.20 Å². The van der Waals surface area contributed by atoms with Gasteiger partial charge in [0.15, 0.2) is 0 Å². The van der Waals surface area contributed by atoms with Crippen LogP contribution in [0.1, 0.15) is 22.4 Å². The van der Waals surface area contributed by atoms with Crippen molar-refractivity contribution in [2.24, 2.45) is 0 Å². The van der Waals surface area contributed by atoms with Gasteiger partial charge < -0.3 is 5.32 Å². The number of aryl methyl sites for hydroxylation is 2. The molecule has 162 valence electrons. The SMILES string of the molecule is Cc1ccc(C2=C(Nc3cccc4ccccc34)C(=O)N(Cc3ccccn3)C2=O)c(C)c1. The second-order valence-corrected chi connectivity index (χ2v) is 8.24. The number of nitrogens with zero attached hydrogens (tertiary/aromatic N) is 2. The number of benzene rings is 3. The van der Waals surface area contributed by atoms with Crippen molar-refractivity contribution in [2.45, 2.75) is 20.4 Å². The lowest BCUT2D eigenvalue weighted by Gasteiger charge is -2.15. The second kappa shape index (κ2) is 8.36. The Morgan fingerprint density at radius 3 is 2.42 bits per heavy atom. The third kappa shape index (κ3) is 3.78. The van der Waals surface area contributed by atoms with E-state index in [-0.39, 0.29) is 18.4 Å². The number of aromatic nitrogens is 1. The summed E-state index contributed by atoms with van der Waals surface area (Å²) in [7, 11) is 0. The van der Waals surface area contributed by atoms with Crippen LogP contribution in [0.4, 0.5) is 5.69 Å². The van der Waals surface area contributed by atoms with Gasteiger partial charge in [-0.15, -0.1) is 0 Å². The molecule has 1 aliphatic heterocycles. The summed E-state index contributed by atoms with van der Waals surface area (Å²) in [5, 5.41) is 5.35. The van der Waals surface area contributed by atoms with Crippen LogP contribution >= 0.6 is 0 Å². The molecule has 0 fully saturated rings. The van der Waals surface area contributed by atoms with E-state index in [2.05, 4.69) is 10.3 Å². The highest BCUT2D eigenvalue weighted by Crippen LogP contribution is 2.34. The van der Waals surface area contributed by atoms with Crippen molar-refractivity contribution in [3.05, 3.63) is 113 Å². The fraction of sp³-hybridized carbons (Fsp3) is 0.107. The first-order valence-electron chi connectivity index (χ1n) is 10.9. The highest BCUT2D eigenvalue weighted by atomic mass is 16.2. The van der Waals surface area contributed by atoms with E-state index in [1.807, 2.05) is 92.7 Å². The van der Waals surface area contributed by atoms with E-state index in [9.17, 15) is 9.59 Å². The minimum atomic E-state index is -0.353. The Hall–Kier alpha value is -4.25. The summed E-state index contributed by atoms with van der Waals surface area (Å²) in [6.45, 7) is 4.09. The Bertz CT molecular complexity index is 1420. The second-order valence-electron chi connectivity index (χ2n) is 8.24. The van der Waals surface area contributed by atoms with Crippen LogP contribution in [-0.2, 0) is 16.1 Å². The minimum absolute atomic E-state index is 0.119. The van der Waals surface area contributed by atoms with Gasteiger partial charge in [-0.25, -0.2) is 0 Å². The maximum Gasteiger partial charge on any atom is 0.278 e. The van der Waals surface area contributed by atoms with Crippen molar-refractivity contribution in [1.82, 2.24) is 9.88 Å². The van der Waals surface area contributed by atoms with Crippen LogP contribution in [0.2, 0.25) is 0 Å². The summed E-state index contributed by atoms with van der Waals surface area (Å²) < 4.78 is 0. The first kappa shape index (κ1) is 20.6. The van der Waals surface area contributed by atoms with Crippen LogP contribution in [0, 0.1) is 13.8 Å². The predicted molar refractivity (Wildman–Crippen MR) is 130 cm³/mol. The molecule has 33 heavy (non-hydrogen) atoms. The molecule has 2 heterocycles. The van der Waals surface area contributed by atoms with Crippen LogP contribution in [0.3, 0.4) is 0 Å². The van der Waals surface area contributed by atoms with E-state index in [0.717, 1.165) is 33.2 Å². The normalized spacial score (nSPS) is 13.8. The highest BCUT2D eigenvalue weighted by molar-refractivity contribution is 6.36. The largest absolute Gasteiger partial charge is 0.350 e. The molecule has 0 unspecified atom stereocenters. The van der Waals surface area contributed by atoms with Crippen LogP contribution < -0.4 is 5.32 Å². The van der Waals surface area contributed by atoms with E-state index < -0.39 is 0 Å². The van der Waals surface area contributed by atoms with Crippen LogP contribution in [-0.4, -0.2) is 21.7 Å². The van der Waals surface area contributed by atoms with Crippen LogP contribution in [0.15, 0.2) is 90.8 Å². The maximum atomic E-state index is 13.6. The van der Waals surface area contributed by atoms with E-state index in [4.69, 9.17) is 0 Å². The zero-order valence-electron chi connectivity index (χ0n) is 18.5. The Morgan fingerprint density at radius 2 is 1.64 bits per heavy atom. The molecule has 0 aliphatic carbocycles. The zero-order chi connectivity index (χ0) is 22.9. The average molecular weight is 434 g/mol. The number of hydrogen-bond acceptors (Lipinski definition) is 4. The first-order chi connectivity index (χ1) is 16.0. The molecule has 2 amide bonds. The highest BCUT2D eigenvalue weighted by Gasteiger charge is 2.40. The predicted octanol–water partition coefficient (Wildman–Crippen LogP) is 5.24. The van der Waals surface area contributed by atoms with Crippen molar-refractivity contribution in [1.29, 1.82) is 0 Å². The molecule has 1 N–H and O–H groups in total. The van der Waals surface area contributed by atoms with Gasteiger partial charge in [0.05, 0.1) is 17.8 Å². The zero-order valence-corrected chi connectivity index (χ0v) is 18.5. The maximum absolute atomic E-state index is 13.6. The smallest absolute Gasteiger partial charge is 0.278 e. The average Bonchev–Trinajstić information content (AvgIpc) is 3.04. The summed E-state index contributed by atoms with van der Waals surface area (Å²) in [4.78, 5) is 32.8. The molecule has 5 rings (SSSR count). The van der Waals surface area contributed by atoms with E-state index >= 15 is 0 Å². The van der Waals surface area contributed by atoms with Gasteiger partial charge in [0, 0.05) is 17.3 Å². The first-order valence-corrected chi connectivity index (χ1v) is 10.9. The molecule has 5 heteroatoms. The molecular weight excluding hydrogens is 410 g/mol. The number of imide groups is 1. The molecule has 4 aromatic rings. The molecule has 5 nitrogen and oxygen atoms in total. The van der Waals surface area contributed by atoms with Gasteiger partial charge in [-0.2, -0.15) is 0 Å². The van der Waals surface area contributed by atoms with Crippen molar-refractivity contribution >= 4 is 33.8 Å². The minimum Gasteiger partial charge on any atom is -0.350 e. The third-order valence-corrected chi connectivity index (χ3v) is 5.91. The lowest BCUT2D eigenvalue weighted by Crippen LogP contribution is -2.32. The lowest BCUT2D eigenvalue weighted by molar-refractivity contribution is -0.137. The summed E-state index contributed by atoms with van der Waals surface area (Å²) in [5.41, 5.74) is 4.92. The Kier molecular flexibility index (Phi) is 5.23. The quantitative estimate of drug-likeness (QED) is 0.437. The number of nitrogens with one attached hydrogen (secondary N) is 1. The van der Waals surface area contributed by atoms with Crippen molar-refractivity contribution < 1.29 is 9.59 Å². The molecule has 0 saturated carbocycles. The monoisotopic (exact) mass is 433 g/mol. The van der Waals surface area contributed by atoms with Crippen molar-refractivity contribution in [3.63, 3.8) is 0 Å². The van der Waals surface area contributed by atoms with Gasteiger partial charge >= 0.3 is 0 Å². The summed E-state index contributed by atoms with van der Waals surface area (Å²) in [5.74, 6) is -0.672. The fourth-order valence-electron chi connectivity index (χ4n) is 4.30. The van der Waals surface area contributed by atoms with Gasteiger partial charge in [-0.1, -0.05) is 66.2 Å². The number of amides is 2. The molecule has 0 spiro atoms. The molecular formula is C28H23N3O2. The van der Waals surface area contributed by atoms with Crippen molar-refractivity contribution in [3.8, 4) is 0 Å². The Balaban J connectivity index is 1.63. The van der Waals surface area contributed by atoms with E-state index in [1.165, 1.54) is 4.90 Å². The number of fused-ring (bicyclic) bond motifs is 1. The summed E-state index contributed by atoms with van der Waals surface area (Å²) >= 11 is 0. The Labute approximate surface area is 192 Å². The number of pyridine rings is 1. The van der Waals surface area contributed by atoms with Gasteiger partial charge in [0.25, 0.3) is 11.8 Å². The molecule has 1 aromatic heterocycles. The Morgan fingerprint density at radius 1 is 0.848 bits per heavy atom. The van der Waals surface area contributed by atoms with Gasteiger partial charge in [0.2, 0.25) is 0 Å². The lowest BCUT2D eigenvalue weighted by atomic mass is 9.97. The van der Waals surface area contributed by atoms with Crippen LogP contribution in [0.25, 0.3) is 16.3 Å². The van der Waals surface area contributed by atoms with E-state index in [0.29, 0.717) is 17.0 Å². The molecule has 0 radical (unpaired) electrons. The fourth-order valence-corrected chi connectivity index (χ4v) is 4.30.